The summed E-state index contributed by atoms with van der Waals surface area (Å²) in [6.45, 7) is 6.04. The molecule has 0 aliphatic carbocycles. The first-order valence-electron chi connectivity index (χ1n) is 5.69. The molecule has 1 heterocycles. The first-order chi connectivity index (χ1) is 7.66. The van der Waals surface area contributed by atoms with Crippen LogP contribution in [0.3, 0.4) is 0 Å². The van der Waals surface area contributed by atoms with Crippen LogP contribution in [0.25, 0.3) is 0 Å². The summed E-state index contributed by atoms with van der Waals surface area (Å²) in [6, 6.07) is 6.64. The van der Waals surface area contributed by atoms with Crippen LogP contribution < -0.4 is 5.73 Å². The molecule has 88 valence electrons. The minimum Gasteiger partial charge on any atom is -0.379 e. The van der Waals surface area contributed by atoms with E-state index in [0.717, 1.165) is 19.0 Å². The monoisotopic (exact) mass is 237 g/mol. The topological polar surface area (TPSA) is 35.2 Å². The Morgan fingerprint density at radius 1 is 1.44 bits per heavy atom. The highest BCUT2D eigenvalue weighted by Gasteiger charge is 2.20. The van der Waals surface area contributed by atoms with Crippen molar-refractivity contribution in [1.82, 2.24) is 0 Å². The van der Waals surface area contributed by atoms with Gasteiger partial charge in [-0.3, -0.25) is 0 Å². The zero-order valence-corrected chi connectivity index (χ0v) is 10.7. The van der Waals surface area contributed by atoms with Crippen LogP contribution in [0.5, 0.6) is 0 Å². The smallest absolute Gasteiger partial charge is 0.0607 e. The molecule has 0 radical (unpaired) electrons. The maximum absolute atomic E-state index is 6.21. The number of hydrogen-bond acceptors (Lipinski definition) is 3. The van der Waals surface area contributed by atoms with Crippen LogP contribution in [0.15, 0.2) is 18.2 Å². The summed E-state index contributed by atoms with van der Waals surface area (Å²) in [4.78, 5) is 0. The van der Waals surface area contributed by atoms with E-state index < -0.39 is 0 Å². The predicted molar refractivity (Wildman–Crippen MR) is 69.9 cm³/mol. The van der Waals surface area contributed by atoms with E-state index in [-0.39, 0.29) is 6.04 Å². The maximum atomic E-state index is 6.21. The second-order valence-electron chi connectivity index (χ2n) is 4.46. The Balaban J connectivity index is 1.93. The van der Waals surface area contributed by atoms with Crippen molar-refractivity contribution in [2.45, 2.75) is 25.1 Å². The quantitative estimate of drug-likeness (QED) is 0.873. The van der Waals surface area contributed by atoms with Gasteiger partial charge in [0, 0.05) is 11.8 Å². The summed E-state index contributed by atoms with van der Waals surface area (Å²) < 4.78 is 5.15. The van der Waals surface area contributed by atoms with E-state index in [1.165, 1.54) is 16.7 Å². The van der Waals surface area contributed by atoms with Crippen LogP contribution in [0.4, 0.5) is 0 Å². The third-order valence-electron chi connectivity index (χ3n) is 2.94. The Bertz CT molecular complexity index is 363. The van der Waals surface area contributed by atoms with Crippen molar-refractivity contribution in [3.63, 3.8) is 0 Å². The molecule has 1 aliphatic heterocycles. The Labute approximate surface area is 102 Å². The predicted octanol–water partition coefficient (Wildman–Crippen LogP) is 2.44. The Hall–Kier alpha value is -0.510. The fourth-order valence-corrected chi connectivity index (χ4v) is 2.93. The van der Waals surface area contributed by atoms with Crippen LogP contribution in [0, 0.1) is 13.8 Å². The van der Waals surface area contributed by atoms with Gasteiger partial charge in [-0.15, -0.1) is 0 Å². The number of ether oxygens (including phenoxy) is 1. The largest absolute Gasteiger partial charge is 0.379 e. The van der Waals surface area contributed by atoms with E-state index in [1.54, 1.807) is 0 Å². The van der Waals surface area contributed by atoms with Gasteiger partial charge in [-0.25, -0.2) is 0 Å². The molecule has 1 saturated heterocycles. The summed E-state index contributed by atoms with van der Waals surface area (Å²) in [5.41, 5.74) is 10.1. The molecule has 2 rings (SSSR count). The highest BCUT2D eigenvalue weighted by molar-refractivity contribution is 8.00. The van der Waals surface area contributed by atoms with Crippen molar-refractivity contribution in [2.24, 2.45) is 5.73 Å². The number of thioether (sulfide) groups is 1. The van der Waals surface area contributed by atoms with Crippen molar-refractivity contribution in [3.8, 4) is 0 Å². The van der Waals surface area contributed by atoms with Gasteiger partial charge in [-0.05, 0) is 25.0 Å². The molecule has 0 aromatic heterocycles. The standard InChI is InChI=1S/C13H19NOS/c1-9-3-4-12(10(2)5-9)13(14)8-16-11-6-15-7-11/h3-5,11,13H,6-8,14H2,1-2H3. The van der Waals surface area contributed by atoms with Crippen LogP contribution in [0.2, 0.25) is 0 Å². The van der Waals surface area contributed by atoms with E-state index in [4.69, 9.17) is 10.5 Å². The average Bonchev–Trinajstić information content (AvgIpc) is 2.14. The van der Waals surface area contributed by atoms with Crippen molar-refractivity contribution in [1.29, 1.82) is 0 Å². The van der Waals surface area contributed by atoms with Crippen LogP contribution >= 0.6 is 11.8 Å². The van der Waals surface area contributed by atoms with Crippen LogP contribution in [-0.2, 0) is 4.74 Å². The lowest BCUT2D eigenvalue weighted by Gasteiger charge is -2.26. The molecular formula is C13H19NOS. The summed E-state index contributed by atoms with van der Waals surface area (Å²) in [7, 11) is 0. The molecule has 1 aliphatic rings. The number of benzene rings is 1. The number of hydrogen-bond donors (Lipinski definition) is 1. The number of aryl methyl sites for hydroxylation is 2. The van der Waals surface area contributed by atoms with E-state index in [9.17, 15) is 0 Å². The van der Waals surface area contributed by atoms with Gasteiger partial charge in [0.15, 0.2) is 0 Å². The fourth-order valence-electron chi connectivity index (χ4n) is 1.88. The normalized spacial score (nSPS) is 18.2. The van der Waals surface area contributed by atoms with Gasteiger partial charge in [-0.1, -0.05) is 23.8 Å². The van der Waals surface area contributed by atoms with Gasteiger partial charge < -0.3 is 10.5 Å². The fraction of sp³-hybridized carbons (Fsp3) is 0.538. The molecule has 3 heteroatoms. The van der Waals surface area contributed by atoms with E-state index in [0.29, 0.717) is 5.25 Å². The minimum atomic E-state index is 0.145. The summed E-state index contributed by atoms with van der Waals surface area (Å²) in [6.07, 6.45) is 0. The summed E-state index contributed by atoms with van der Waals surface area (Å²) in [5, 5.41) is 0.664. The van der Waals surface area contributed by atoms with Gasteiger partial charge in [0.1, 0.15) is 0 Å². The first-order valence-corrected chi connectivity index (χ1v) is 6.74. The van der Waals surface area contributed by atoms with Gasteiger partial charge in [-0.2, -0.15) is 11.8 Å². The van der Waals surface area contributed by atoms with Gasteiger partial charge in [0.25, 0.3) is 0 Å². The molecule has 2 N–H and O–H groups in total. The zero-order valence-electron chi connectivity index (χ0n) is 9.90. The molecule has 1 aromatic rings. The molecule has 16 heavy (non-hydrogen) atoms. The van der Waals surface area contributed by atoms with E-state index >= 15 is 0 Å². The van der Waals surface area contributed by atoms with E-state index in [1.807, 2.05) is 11.8 Å². The third kappa shape index (κ3) is 2.78. The first kappa shape index (κ1) is 12.0. The van der Waals surface area contributed by atoms with Gasteiger partial charge >= 0.3 is 0 Å². The number of nitrogens with two attached hydrogens (primary N) is 1. The Kier molecular flexibility index (Phi) is 3.90. The molecule has 1 fully saturated rings. The zero-order chi connectivity index (χ0) is 11.5. The molecule has 1 unspecified atom stereocenters. The minimum absolute atomic E-state index is 0.145. The molecule has 0 spiro atoms. The average molecular weight is 237 g/mol. The molecule has 1 atom stereocenters. The van der Waals surface area contributed by atoms with Gasteiger partial charge in [0.2, 0.25) is 0 Å². The highest BCUT2D eigenvalue weighted by Crippen LogP contribution is 2.25. The molecule has 0 bridgehead atoms. The second-order valence-corrected chi connectivity index (χ2v) is 5.79. The maximum Gasteiger partial charge on any atom is 0.0607 e. The molecular weight excluding hydrogens is 218 g/mol. The van der Waals surface area contributed by atoms with Crippen molar-refractivity contribution < 1.29 is 4.74 Å². The lowest BCUT2D eigenvalue weighted by molar-refractivity contribution is 0.0455. The molecule has 0 saturated carbocycles. The molecule has 1 aromatic carbocycles. The third-order valence-corrected chi connectivity index (χ3v) is 4.24. The lowest BCUT2D eigenvalue weighted by Crippen LogP contribution is -2.31. The second kappa shape index (κ2) is 5.21. The SMILES string of the molecule is Cc1ccc(C(N)CSC2COC2)c(C)c1. The van der Waals surface area contributed by atoms with E-state index in [2.05, 4.69) is 32.0 Å². The Morgan fingerprint density at radius 3 is 2.75 bits per heavy atom. The number of rotatable bonds is 4. The highest BCUT2D eigenvalue weighted by atomic mass is 32.2. The van der Waals surface area contributed by atoms with Gasteiger partial charge in [0.05, 0.1) is 18.5 Å². The van der Waals surface area contributed by atoms with Crippen molar-refractivity contribution in [3.05, 3.63) is 34.9 Å². The summed E-state index contributed by atoms with van der Waals surface area (Å²) >= 11 is 1.93. The molecule has 0 amide bonds. The lowest BCUT2D eigenvalue weighted by atomic mass is 10.0. The van der Waals surface area contributed by atoms with Crippen LogP contribution in [-0.4, -0.2) is 24.2 Å². The molecule has 2 nitrogen and oxygen atoms in total. The summed E-state index contributed by atoms with van der Waals surface area (Å²) in [5.74, 6) is 0.984. The van der Waals surface area contributed by atoms with Crippen molar-refractivity contribution >= 4 is 11.8 Å². The Morgan fingerprint density at radius 2 is 2.19 bits per heavy atom. The van der Waals surface area contributed by atoms with Crippen LogP contribution in [0.1, 0.15) is 22.7 Å². The van der Waals surface area contributed by atoms with Crippen molar-refractivity contribution in [2.75, 3.05) is 19.0 Å².